The Morgan fingerprint density at radius 2 is 1.77 bits per heavy atom. The first kappa shape index (κ1) is 19.1. The number of carboxylic acids is 1. The zero-order chi connectivity index (χ0) is 20.7. The van der Waals surface area contributed by atoms with E-state index in [0.717, 1.165) is 66.4 Å². The molecular weight excluding hydrogens is 396 g/mol. The largest absolute Gasteiger partial charge is 0.481 e. The van der Waals surface area contributed by atoms with Crippen molar-refractivity contribution in [1.82, 2.24) is 9.55 Å². The predicted molar refractivity (Wildman–Crippen MR) is 117 cm³/mol. The summed E-state index contributed by atoms with van der Waals surface area (Å²) in [6.07, 6.45) is 5.07. The third-order valence-electron chi connectivity index (χ3n) is 6.28. The molecule has 2 aliphatic carbocycles. The Balaban J connectivity index is 1.82. The van der Waals surface area contributed by atoms with Gasteiger partial charge in [-0.2, -0.15) is 0 Å². The highest BCUT2D eigenvalue weighted by Gasteiger charge is 2.44. The fourth-order valence-corrected chi connectivity index (χ4v) is 5.77. The summed E-state index contributed by atoms with van der Waals surface area (Å²) in [6.45, 7) is 0. The summed E-state index contributed by atoms with van der Waals surface area (Å²) in [5, 5.41) is 9.66. The van der Waals surface area contributed by atoms with Crippen LogP contribution in [0.15, 0.2) is 64.5 Å². The van der Waals surface area contributed by atoms with E-state index in [-0.39, 0.29) is 16.7 Å². The molecule has 5 nitrogen and oxygen atoms in total. The summed E-state index contributed by atoms with van der Waals surface area (Å²) in [6, 6.07) is 17.6. The number of hydrogen-bond acceptors (Lipinski definition) is 4. The van der Waals surface area contributed by atoms with Crippen LogP contribution in [0.5, 0.6) is 0 Å². The minimum absolute atomic E-state index is 0.0597. The number of thioether (sulfide) groups is 1. The van der Waals surface area contributed by atoms with Gasteiger partial charge in [0.05, 0.1) is 22.7 Å². The molecule has 6 heteroatoms. The van der Waals surface area contributed by atoms with Gasteiger partial charge in [-0.1, -0.05) is 67.1 Å². The molecule has 0 radical (unpaired) electrons. The van der Waals surface area contributed by atoms with Crippen molar-refractivity contribution in [3.8, 4) is 16.9 Å². The number of fused-ring (bicyclic) bond motifs is 4. The molecule has 0 atom stereocenters. The van der Waals surface area contributed by atoms with E-state index in [2.05, 4.69) is 6.07 Å². The van der Waals surface area contributed by atoms with Crippen LogP contribution in [0, 0.1) is 0 Å². The summed E-state index contributed by atoms with van der Waals surface area (Å²) in [7, 11) is 0. The Morgan fingerprint density at radius 1 is 1.07 bits per heavy atom. The first-order chi connectivity index (χ1) is 14.6. The predicted octanol–water partition coefficient (Wildman–Crippen LogP) is 4.44. The lowest BCUT2D eigenvalue weighted by Gasteiger charge is -2.36. The Labute approximate surface area is 178 Å². The zero-order valence-electron chi connectivity index (χ0n) is 16.5. The number of nitrogens with zero attached hydrogens (tertiary/aromatic N) is 2. The summed E-state index contributed by atoms with van der Waals surface area (Å²) in [5.41, 5.74) is 4.25. The maximum absolute atomic E-state index is 14.0. The van der Waals surface area contributed by atoms with Gasteiger partial charge >= 0.3 is 5.97 Å². The Bertz CT molecular complexity index is 1180. The molecular formula is C24H22N2O3S. The third kappa shape index (κ3) is 3.06. The van der Waals surface area contributed by atoms with Gasteiger partial charge in [0, 0.05) is 11.0 Å². The van der Waals surface area contributed by atoms with Gasteiger partial charge in [-0.3, -0.25) is 14.2 Å². The first-order valence-electron chi connectivity index (χ1n) is 10.2. The highest BCUT2D eigenvalue weighted by atomic mass is 32.2. The molecule has 1 fully saturated rings. The molecule has 5 rings (SSSR count). The molecule has 1 aromatic heterocycles. The van der Waals surface area contributed by atoms with Gasteiger partial charge in [0.2, 0.25) is 0 Å². The van der Waals surface area contributed by atoms with Crippen molar-refractivity contribution < 1.29 is 9.90 Å². The number of rotatable bonds is 4. The standard InChI is InChI=1S/C24H22N2O3S/c27-19(28)15-30-23-25-21-18-11-5-4-8-16(18)14-24(12-6-7-13-24)20(21)22(29)26(23)17-9-2-1-3-10-17/h1-5,8-11H,6-7,12-15H2,(H,27,28). The van der Waals surface area contributed by atoms with Crippen LogP contribution in [0.4, 0.5) is 0 Å². The van der Waals surface area contributed by atoms with Crippen LogP contribution >= 0.6 is 11.8 Å². The maximum atomic E-state index is 14.0. The van der Waals surface area contributed by atoms with E-state index in [4.69, 9.17) is 4.98 Å². The Kier molecular flexibility index (Phi) is 4.74. The van der Waals surface area contributed by atoms with Crippen LogP contribution < -0.4 is 5.56 Å². The zero-order valence-corrected chi connectivity index (χ0v) is 17.3. The number of carboxylic acid groups (broad SMARTS) is 1. The third-order valence-corrected chi connectivity index (χ3v) is 7.21. The van der Waals surface area contributed by atoms with E-state index >= 15 is 0 Å². The SMILES string of the molecule is O=C(O)CSc1nc2c(c(=O)n1-c1ccccc1)C1(CCCC1)Cc1ccccc1-2. The topological polar surface area (TPSA) is 72.2 Å². The number of carbonyl (C=O) groups is 1. The molecule has 0 unspecified atom stereocenters. The number of benzene rings is 2. The minimum atomic E-state index is -0.931. The lowest BCUT2D eigenvalue weighted by atomic mass is 9.68. The average molecular weight is 419 g/mol. The van der Waals surface area contributed by atoms with Gasteiger partial charge in [-0.15, -0.1) is 0 Å². The summed E-state index contributed by atoms with van der Waals surface area (Å²) < 4.78 is 1.61. The summed E-state index contributed by atoms with van der Waals surface area (Å²) in [4.78, 5) is 30.2. The smallest absolute Gasteiger partial charge is 0.313 e. The molecule has 152 valence electrons. The molecule has 1 N–H and O–H groups in total. The van der Waals surface area contributed by atoms with Crippen molar-refractivity contribution in [3.63, 3.8) is 0 Å². The van der Waals surface area contributed by atoms with Crippen LogP contribution in [0.1, 0.15) is 36.8 Å². The van der Waals surface area contributed by atoms with Gasteiger partial charge in [0.15, 0.2) is 5.16 Å². The van der Waals surface area contributed by atoms with Crippen molar-refractivity contribution >= 4 is 17.7 Å². The maximum Gasteiger partial charge on any atom is 0.313 e. The van der Waals surface area contributed by atoms with Gasteiger partial charge in [0.1, 0.15) is 0 Å². The lowest BCUT2D eigenvalue weighted by Crippen LogP contribution is -2.40. The Hall–Kier alpha value is -2.86. The van der Waals surface area contributed by atoms with Crippen molar-refractivity contribution in [3.05, 3.63) is 76.1 Å². The van der Waals surface area contributed by atoms with E-state index in [9.17, 15) is 14.7 Å². The van der Waals surface area contributed by atoms with Crippen LogP contribution in [0.2, 0.25) is 0 Å². The van der Waals surface area contributed by atoms with Crippen molar-refractivity contribution in [2.75, 3.05) is 5.75 Å². The van der Waals surface area contributed by atoms with Gasteiger partial charge < -0.3 is 5.11 Å². The second-order valence-electron chi connectivity index (χ2n) is 8.10. The van der Waals surface area contributed by atoms with Crippen molar-refractivity contribution in [2.24, 2.45) is 0 Å². The molecule has 1 heterocycles. The number of para-hydroxylation sites is 1. The molecule has 1 spiro atoms. The lowest BCUT2D eigenvalue weighted by molar-refractivity contribution is -0.133. The van der Waals surface area contributed by atoms with E-state index < -0.39 is 5.97 Å². The molecule has 1 saturated carbocycles. The average Bonchev–Trinajstić information content (AvgIpc) is 3.21. The Morgan fingerprint density at radius 3 is 2.50 bits per heavy atom. The fourth-order valence-electron chi connectivity index (χ4n) is 5.04. The molecule has 2 aromatic carbocycles. The summed E-state index contributed by atoms with van der Waals surface area (Å²) >= 11 is 1.09. The van der Waals surface area contributed by atoms with Crippen LogP contribution in [-0.2, 0) is 16.6 Å². The second kappa shape index (κ2) is 7.43. The van der Waals surface area contributed by atoms with E-state index in [1.54, 1.807) is 4.57 Å². The van der Waals surface area contributed by atoms with Crippen molar-refractivity contribution in [1.29, 1.82) is 0 Å². The first-order valence-corrected chi connectivity index (χ1v) is 11.2. The van der Waals surface area contributed by atoms with E-state index in [0.29, 0.717) is 5.16 Å². The quantitative estimate of drug-likeness (QED) is 0.501. The minimum Gasteiger partial charge on any atom is -0.481 e. The number of aromatic nitrogens is 2. The molecule has 30 heavy (non-hydrogen) atoms. The van der Waals surface area contributed by atoms with Crippen LogP contribution in [0.3, 0.4) is 0 Å². The normalized spacial score (nSPS) is 16.3. The van der Waals surface area contributed by atoms with Gasteiger partial charge in [-0.25, -0.2) is 4.98 Å². The monoisotopic (exact) mass is 418 g/mol. The molecule has 0 bridgehead atoms. The van der Waals surface area contributed by atoms with Gasteiger partial charge in [0.25, 0.3) is 5.56 Å². The fraction of sp³-hybridized carbons (Fsp3) is 0.292. The molecule has 2 aliphatic rings. The number of hydrogen-bond donors (Lipinski definition) is 1. The summed E-state index contributed by atoms with van der Waals surface area (Å²) in [5.74, 6) is -1.08. The van der Waals surface area contributed by atoms with E-state index in [1.807, 2.05) is 48.5 Å². The molecule has 0 amide bonds. The molecule has 3 aromatic rings. The second-order valence-corrected chi connectivity index (χ2v) is 9.04. The highest BCUT2D eigenvalue weighted by molar-refractivity contribution is 7.99. The van der Waals surface area contributed by atoms with Crippen LogP contribution in [-0.4, -0.2) is 26.4 Å². The molecule has 0 aliphatic heterocycles. The van der Waals surface area contributed by atoms with Gasteiger partial charge in [-0.05, 0) is 37.0 Å². The highest BCUT2D eigenvalue weighted by Crippen LogP contribution is 2.50. The van der Waals surface area contributed by atoms with Crippen molar-refractivity contribution in [2.45, 2.75) is 42.7 Å². The van der Waals surface area contributed by atoms with Crippen LogP contribution in [0.25, 0.3) is 16.9 Å². The number of aliphatic carboxylic acids is 1. The van der Waals surface area contributed by atoms with E-state index in [1.165, 1.54) is 5.56 Å². The molecule has 0 saturated heterocycles.